The van der Waals surface area contributed by atoms with E-state index in [9.17, 15) is 4.79 Å². The predicted octanol–water partition coefficient (Wildman–Crippen LogP) is 3.50. The Labute approximate surface area is 97.8 Å². The summed E-state index contributed by atoms with van der Waals surface area (Å²) in [6.45, 7) is 2.08. The molecule has 0 amide bonds. The summed E-state index contributed by atoms with van der Waals surface area (Å²) in [5, 5.41) is 8.50. The van der Waals surface area contributed by atoms with Gasteiger partial charge in [-0.3, -0.25) is 4.79 Å². The fourth-order valence-electron chi connectivity index (χ4n) is 1.33. The van der Waals surface area contributed by atoms with Crippen LogP contribution in [0.2, 0.25) is 0 Å². The van der Waals surface area contributed by atoms with E-state index in [2.05, 4.69) is 28.9 Å². The number of carboxylic acids is 1. The van der Waals surface area contributed by atoms with Gasteiger partial charge in [0.2, 0.25) is 0 Å². The fourth-order valence-corrected chi connectivity index (χ4v) is 1.74. The first-order chi connectivity index (χ1) is 7.13. The Balaban J connectivity index is 2.84. The van der Waals surface area contributed by atoms with Crippen LogP contribution in [0.5, 0.6) is 0 Å². The van der Waals surface area contributed by atoms with E-state index >= 15 is 0 Å². The summed E-state index contributed by atoms with van der Waals surface area (Å²) in [7, 11) is 0. The maximum Gasteiger partial charge on any atom is 0.307 e. The quantitative estimate of drug-likeness (QED) is 0.908. The van der Waals surface area contributed by atoms with Gasteiger partial charge in [-0.1, -0.05) is 41.1 Å². The van der Waals surface area contributed by atoms with Gasteiger partial charge in [-0.25, -0.2) is 0 Å². The van der Waals surface area contributed by atoms with Crippen LogP contribution in [0.15, 0.2) is 28.7 Å². The number of aryl methyl sites for hydroxylation is 1. The third-order valence-corrected chi connectivity index (χ3v) is 2.57. The first kappa shape index (κ1) is 12.0. The number of aliphatic carboxylic acids is 1. The molecule has 1 N–H and O–H groups in total. The monoisotopic (exact) mass is 268 g/mol. The maximum absolute atomic E-state index is 10.3. The highest BCUT2D eigenvalue weighted by molar-refractivity contribution is 9.10. The number of halogens is 1. The lowest BCUT2D eigenvalue weighted by Crippen LogP contribution is -1.90. The van der Waals surface area contributed by atoms with Crippen LogP contribution in [-0.2, 0) is 11.2 Å². The van der Waals surface area contributed by atoms with Crippen molar-refractivity contribution in [2.45, 2.75) is 19.8 Å². The Morgan fingerprint density at radius 1 is 1.53 bits per heavy atom. The first-order valence-corrected chi connectivity index (χ1v) is 5.59. The van der Waals surface area contributed by atoms with Crippen molar-refractivity contribution in [2.24, 2.45) is 0 Å². The Morgan fingerprint density at radius 2 is 2.27 bits per heavy atom. The van der Waals surface area contributed by atoms with Crippen LogP contribution in [0, 0.1) is 0 Å². The molecule has 1 aromatic rings. The van der Waals surface area contributed by atoms with Crippen LogP contribution in [0.3, 0.4) is 0 Å². The molecule has 0 aliphatic heterocycles. The Bertz CT molecular complexity index is 383. The molecule has 0 saturated carbocycles. The summed E-state index contributed by atoms with van der Waals surface area (Å²) in [5.41, 5.74) is 2.30. The number of benzene rings is 1. The van der Waals surface area contributed by atoms with Gasteiger partial charge in [0.1, 0.15) is 0 Å². The summed E-state index contributed by atoms with van der Waals surface area (Å²) >= 11 is 3.41. The molecule has 0 atom stereocenters. The summed E-state index contributed by atoms with van der Waals surface area (Å²) < 4.78 is 1.05. The lowest BCUT2D eigenvalue weighted by atomic mass is 10.0. The first-order valence-electron chi connectivity index (χ1n) is 4.80. The molecule has 15 heavy (non-hydrogen) atoms. The second-order valence-corrected chi connectivity index (χ2v) is 4.11. The minimum Gasteiger partial charge on any atom is -0.481 e. The lowest BCUT2D eigenvalue weighted by Gasteiger charge is -2.03. The van der Waals surface area contributed by atoms with E-state index in [1.54, 1.807) is 6.08 Å². The summed E-state index contributed by atoms with van der Waals surface area (Å²) in [6, 6.07) is 6.00. The summed E-state index contributed by atoms with van der Waals surface area (Å²) in [5.74, 6) is -0.804. The number of carboxylic acid groups (broad SMARTS) is 1. The lowest BCUT2D eigenvalue weighted by molar-refractivity contribution is -0.135. The molecular weight excluding hydrogens is 256 g/mol. The smallest absolute Gasteiger partial charge is 0.307 e. The average molecular weight is 269 g/mol. The predicted molar refractivity (Wildman–Crippen MR) is 64.8 cm³/mol. The highest BCUT2D eigenvalue weighted by Crippen LogP contribution is 2.18. The topological polar surface area (TPSA) is 37.3 Å². The highest BCUT2D eigenvalue weighted by atomic mass is 79.9. The van der Waals surface area contributed by atoms with Gasteiger partial charge in [-0.2, -0.15) is 0 Å². The van der Waals surface area contributed by atoms with E-state index in [4.69, 9.17) is 5.11 Å². The van der Waals surface area contributed by atoms with Gasteiger partial charge in [-0.05, 0) is 29.7 Å². The van der Waals surface area contributed by atoms with Crippen molar-refractivity contribution in [3.63, 3.8) is 0 Å². The number of hydrogen-bond acceptors (Lipinski definition) is 1. The number of carbonyl (C=O) groups is 1. The molecule has 0 spiro atoms. The third-order valence-electron chi connectivity index (χ3n) is 2.08. The minimum absolute atomic E-state index is 0.0687. The largest absolute Gasteiger partial charge is 0.481 e. The van der Waals surface area contributed by atoms with Crippen molar-refractivity contribution in [3.05, 3.63) is 39.9 Å². The molecule has 0 fully saturated rings. The van der Waals surface area contributed by atoms with Crippen molar-refractivity contribution in [1.29, 1.82) is 0 Å². The zero-order valence-corrected chi connectivity index (χ0v) is 10.1. The van der Waals surface area contributed by atoms with Crippen LogP contribution in [0.1, 0.15) is 24.5 Å². The van der Waals surface area contributed by atoms with Crippen LogP contribution in [-0.4, -0.2) is 11.1 Å². The summed E-state index contributed by atoms with van der Waals surface area (Å²) in [4.78, 5) is 10.3. The van der Waals surface area contributed by atoms with Crippen molar-refractivity contribution in [2.75, 3.05) is 0 Å². The Kier molecular flexibility index (Phi) is 4.56. The molecule has 0 bridgehead atoms. The van der Waals surface area contributed by atoms with Crippen LogP contribution >= 0.6 is 15.9 Å². The molecule has 0 aliphatic rings. The van der Waals surface area contributed by atoms with E-state index in [0.717, 1.165) is 16.5 Å². The maximum atomic E-state index is 10.3. The third kappa shape index (κ3) is 3.88. The van der Waals surface area contributed by atoms with Gasteiger partial charge < -0.3 is 5.11 Å². The molecule has 1 rings (SSSR count). The van der Waals surface area contributed by atoms with Crippen molar-refractivity contribution >= 4 is 28.0 Å². The van der Waals surface area contributed by atoms with Gasteiger partial charge in [0, 0.05) is 4.47 Å². The molecule has 2 nitrogen and oxygen atoms in total. The SMILES string of the molecule is CCc1cc(Br)ccc1C=CCC(=O)O. The van der Waals surface area contributed by atoms with Crippen molar-refractivity contribution in [1.82, 2.24) is 0 Å². The van der Waals surface area contributed by atoms with E-state index in [0.29, 0.717) is 0 Å². The molecule has 1 aromatic carbocycles. The second kappa shape index (κ2) is 5.71. The van der Waals surface area contributed by atoms with Gasteiger partial charge in [0.15, 0.2) is 0 Å². The molecule has 0 saturated heterocycles. The normalized spacial score (nSPS) is 10.8. The molecule has 0 heterocycles. The molecule has 0 aliphatic carbocycles. The van der Waals surface area contributed by atoms with Crippen LogP contribution in [0.25, 0.3) is 6.08 Å². The molecule has 0 radical (unpaired) electrons. The van der Waals surface area contributed by atoms with E-state index in [1.807, 2.05) is 18.2 Å². The van der Waals surface area contributed by atoms with Gasteiger partial charge in [-0.15, -0.1) is 0 Å². The number of hydrogen-bond donors (Lipinski definition) is 1. The average Bonchev–Trinajstić information content (AvgIpc) is 2.19. The molecule has 80 valence electrons. The molecule has 3 heteroatoms. The van der Waals surface area contributed by atoms with Gasteiger partial charge >= 0.3 is 5.97 Å². The van der Waals surface area contributed by atoms with Crippen LogP contribution in [0.4, 0.5) is 0 Å². The Hall–Kier alpha value is -1.09. The van der Waals surface area contributed by atoms with E-state index < -0.39 is 5.97 Å². The zero-order chi connectivity index (χ0) is 11.3. The second-order valence-electron chi connectivity index (χ2n) is 3.20. The molecule has 0 unspecified atom stereocenters. The fraction of sp³-hybridized carbons (Fsp3) is 0.250. The van der Waals surface area contributed by atoms with E-state index in [-0.39, 0.29) is 6.42 Å². The van der Waals surface area contributed by atoms with Gasteiger partial charge in [0.25, 0.3) is 0 Å². The molecule has 0 aromatic heterocycles. The Morgan fingerprint density at radius 3 is 2.87 bits per heavy atom. The van der Waals surface area contributed by atoms with E-state index in [1.165, 1.54) is 5.56 Å². The highest BCUT2D eigenvalue weighted by Gasteiger charge is 1.98. The van der Waals surface area contributed by atoms with Gasteiger partial charge in [0.05, 0.1) is 6.42 Å². The number of rotatable bonds is 4. The zero-order valence-electron chi connectivity index (χ0n) is 8.53. The standard InChI is InChI=1S/C12H13BrO2/c1-2-9-8-11(13)7-6-10(9)4-3-5-12(14)15/h3-4,6-8H,2,5H2,1H3,(H,14,15). The van der Waals surface area contributed by atoms with Crippen LogP contribution < -0.4 is 0 Å². The molecular formula is C12H13BrO2. The van der Waals surface area contributed by atoms with Crippen molar-refractivity contribution in [3.8, 4) is 0 Å². The summed E-state index contributed by atoms with van der Waals surface area (Å²) in [6.07, 6.45) is 4.54. The van der Waals surface area contributed by atoms with Crippen molar-refractivity contribution < 1.29 is 9.90 Å². The minimum atomic E-state index is -0.804.